The lowest BCUT2D eigenvalue weighted by molar-refractivity contribution is 0.0734. The SMILES string of the molecule is CC1=CC(C)(C)N(C(=O)c2cccc(Cl)c2)c2ccc(OC(=O)c3ccccc3)cc21. The van der Waals surface area contributed by atoms with Crippen LogP contribution in [-0.2, 0) is 0 Å². The van der Waals surface area contributed by atoms with Gasteiger partial charge in [0.1, 0.15) is 5.75 Å². The van der Waals surface area contributed by atoms with Crippen molar-refractivity contribution in [3.63, 3.8) is 0 Å². The zero-order valence-electron chi connectivity index (χ0n) is 17.6. The van der Waals surface area contributed by atoms with Gasteiger partial charge in [-0.1, -0.05) is 41.9 Å². The molecule has 4 rings (SSSR count). The van der Waals surface area contributed by atoms with Gasteiger partial charge in [0.05, 0.1) is 16.8 Å². The van der Waals surface area contributed by atoms with E-state index in [2.05, 4.69) is 0 Å². The number of fused-ring (bicyclic) bond motifs is 1. The molecule has 1 aliphatic rings. The van der Waals surface area contributed by atoms with Crippen molar-refractivity contribution in [3.8, 4) is 5.75 Å². The van der Waals surface area contributed by atoms with E-state index in [1.165, 1.54) is 0 Å². The highest BCUT2D eigenvalue weighted by atomic mass is 35.5. The van der Waals surface area contributed by atoms with E-state index in [4.69, 9.17) is 16.3 Å². The van der Waals surface area contributed by atoms with Crippen LogP contribution in [0, 0.1) is 0 Å². The third-order valence-electron chi connectivity index (χ3n) is 5.27. The van der Waals surface area contributed by atoms with Crippen LogP contribution in [0.1, 0.15) is 47.1 Å². The van der Waals surface area contributed by atoms with Crippen LogP contribution in [0.3, 0.4) is 0 Å². The maximum atomic E-state index is 13.4. The first-order chi connectivity index (χ1) is 14.8. The van der Waals surface area contributed by atoms with Crippen molar-refractivity contribution in [2.75, 3.05) is 4.90 Å². The lowest BCUT2D eigenvalue weighted by atomic mass is 9.88. The summed E-state index contributed by atoms with van der Waals surface area (Å²) in [7, 11) is 0. The molecule has 0 fully saturated rings. The minimum atomic E-state index is -0.543. The standard InChI is InChI=1S/C26H22ClNO3/c1-17-16-26(2,3)28(24(29)19-10-7-11-20(27)14-19)23-13-12-21(15-22(17)23)31-25(30)18-8-5-4-6-9-18/h4-16H,1-3H3. The number of carbonyl (C=O) groups excluding carboxylic acids is 2. The summed E-state index contributed by atoms with van der Waals surface area (Å²) in [6, 6.07) is 21.1. The number of anilines is 1. The molecule has 0 saturated heterocycles. The summed E-state index contributed by atoms with van der Waals surface area (Å²) in [6.45, 7) is 5.97. The molecule has 31 heavy (non-hydrogen) atoms. The predicted molar refractivity (Wildman–Crippen MR) is 124 cm³/mol. The predicted octanol–water partition coefficient (Wildman–Crippen LogP) is 6.40. The van der Waals surface area contributed by atoms with Gasteiger partial charge in [0.25, 0.3) is 5.91 Å². The highest BCUT2D eigenvalue weighted by Gasteiger charge is 2.36. The second-order valence-electron chi connectivity index (χ2n) is 8.07. The van der Waals surface area contributed by atoms with Crippen molar-refractivity contribution in [1.82, 2.24) is 0 Å². The van der Waals surface area contributed by atoms with E-state index in [0.717, 1.165) is 16.8 Å². The molecule has 0 atom stereocenters. The van der Waals surface area contributed by atoms with Crippen LogP contribution in [0.15, 0.2) is 78.9 Å². The summed E-state index contributed by atoms with van der Waals surface area (Å²) in [5.41, 5.74) is 3.05. The summed E-state index contributed by atoms with van der Waals surface area (Å²) in [4.78, 5) is 27.6. The van der Waals surface area contributed by atoms with Crippen molar-refractivity contribution in [2.45, 2.75) is 26.3 Å². The second-order valence-corrected chi connectivity index (χ2v) is 8.50. The molecular formula is C26H22ClNO3. The molecule has 156 valence electrons. The van der Waals surface area contributed by atoms with Gasteiger partial charge in [-0.05, 0) is 74.9 Å². The van der Waals surface area contributed by atoms with Crippen LogP contribution in [0.4, 0.5) is 5.69 Å². The summed E-state index contributed by atoms with van der Waals surface area (Å²) in [5.74, 6) is -0.146. The monoisotopic (exact) mass is 431 g/mol. The van der Waals surface area contributed by atoms with Gasteiger partial charge in [0.15, 0.2) is 0 Å². The zero-order chi connectivity index (χ0) is 22.2. The average Bonchev–Trinajstić information content (AvgIpc) is 2.74. The first kappa shape index (κ1) is 20.9. The van der Waals surface area contributed by atoms with Gasteiger partial charge < -0.3 is 4.74 Å². The number of amides is 1. The van der Waals surface area contributed by atoms with Gasteiger partial charge in [0, 0.05) is 16.1 Å². The minimum absolute atomic E-state index is 0.147. The number of allylic oxidation sites excluding steroid dienone is 1. The Morgan fingerprint density at radius 1 is 0.903 bits per heavy atom. The molecule has 5 heteroatoms. The number of ether oxygens (including phenoxy) is 1. The van der Waals surface area contributed by atoms with Crippen molar-refractivity contribution in [3.05, 3.63) is 101 Å². The van der Waals surface area contributed by atoms with Crippen LogP contribution < -0.4 is 9.64 Å². The summed E-state index contributed by atoms with van der Waals surface area (Å²) in [6.07, 6.45) is 2.04. The Hall–Kier alpha value is -3.37. The Morgan fingerprint density at radius 3 is 2.32 bits per heavy atom. The molecule has 0 radical (unpaired) electrons. The molecule has 0 bridgehead atoms. The van der Waals surface area contributed by atoms with Crippen LogP contribution in [-0.4, -0.2) is 17.4 Å². The number of nitrogens with zero attached hydrogens (tertiary/aromatic N) is 1. The van der Waals surface area contributed by atoms with Gasteiger partial charge in [-0.2, -0.15) is 0 Å². The van der Waals surface area contributed by atoms with Crippen molar-refractivity contribution < 1.29 is 14.3 Å². The van der Waals surface area contributed by atoms with Crippen LogP contribution in [0.25, 0.3) is 5.57 Å². The molecule has 0 N–H and O–H groups in total. The van der Waals surface area contributed by atoms with Gasteiger partial charge in [-0.3, -0.25) is 9.69 Å². The second kappa shape index (κ2) is 8.05. The summed E-state index contributed by atoms with van der Waals surface area (Å²) < 4.78 is 5.58. The zero-order valence-corrected chi connectivity index (χ0v) is 18.3. The van der Waals surface area contributed by atoms with E-state index in [9.17, 15) is 9.59 Å². The van der Waals surface area contributed by atoms with Crippen LogP contribution in [0.5, 0.6) is 5.75 Å². The van der Waals surface area contributed by atoms with Gasteiger partial charge in [0.2, 0.25) is 0 Å². The molecule has 0 spiro atoms. The summed E-state index contributed by atoms with van der Waals surface area (Å²) >= 11 is 6.11. The van der Waals surface area contributed by atoms with Crippen molar-refractivity contribution in [2.24, 2.45) is 0 Å². The highest BCUT2D eigenvalue weighted by Crippen LogP contribution is 2.41. The third-order valence-corrected chi connectivity index (χ3v) is 5.51. The Morgan fingerprint density at radius 2 is 1.61 bits per heavy atom. The maximum Gasteiger partial charge on any atom is 0.343 e. The number of esters is 1. The van der Waals surface area contributed by atoms with Crippen LogP contribution >= 0.6 is 11.6 Å². The lowest BCUT2D eigenvalue weighted by Gasteiger charge is -2.41. The van der Waals surface area contributed by atoms with Gasteiger partial charge >= 0.3 is 5.97 Å². The fraction of sp³-hybridized carbons (Fsp3) is 0.154. The minimum Gasteiger partial charge on any atom is -0.423 e. The molecule has 3 aromatic rings. The van der Waals surface area contributed by atoms with Crippen molar-refractivity contribution >= 4 is 34.7 Å². The Bertz CT molecular complexity index is 1200. The first-order valence-electron chi connectivity index (χ1n) is 9.97. The van der Waals surface area contributed by atoms with Gasteiger partial charge in [-0.25, -0.2) is 4.79 Å². The number of hydrogen-bond acceptors (Lipinski definition) is 3. The molecule has 0 unspecified atom stereocenters. The summed E-state index contributed by atoms with van der Waals surface area (Å²) in [5, 5.41) is 0.510. The Kier molecular flexibility index (Phi) is 5.42. The molecule has 0 aliphatic carbocycles. The number of rotatable bonds is 3. The molecule has 1 aliphatic heterocycles. The van der Waals surface area contributed by atoms with E-state index in [-0.39, 0.29) is 5.91 Å². The smallest absolute Gasteiger partial charge is 0.343 e. The van der Waals surface area contributed by atoms with E-state index in [1.54, 1.807) is 65.6 Å². The van der Waals surface area contributed by atoms with E-state index in [1.807, 2.05) is 39.0 Å². The lowest BCUT2D eigenvalue weighted by Crippen LogP contribution is -2.49. The fourth-order valence-electron chi connectivity index (χ4n) is 3.93. The highest BCUT2D eigenvalue weighted by molar-refractivity contribution is 6.31. The van der Waals surface area contributed by atoms with E-state index >= 15 is 0 Å². The molecule has 1 heterocycles. The molecule has 3 aromatic carbocycles. The number of hydrogen-bond donors (Lipinski definition) is 0. The largest absolute Gasteiger partial charge is 0.423 e. The average molecular weight is 432 g/mol. The molecule has 0 aromatic heterocycles. The van der Waals surface area contributed by atoms with Crippen LogP contribution in [0.2, 0.25) is 5.02 Å². The third kappa shape index (κ3) is 4.12. The number of halogens is 1. The molecular weight excluding hydrogens is 410 g/mol. The van der Waals surface area contributed by atoms with Gasteiger partial charge in [-0.15, -0.1) is 0 Å². The van der Waals surface area contributed by atoms with E-state index in [0.29, 0.717) is 21.9 Å². The molecule has 0 saturated carbocycles. The first-order valence-corrected chi connectivity index (χ1v) is 10.4. The maximum absolute atomic E-state index is 13.4. The number of carbonyl (C=O) groups is 2. The molecule has 1 amide bonds. The topological polar surface area (TPSA) is 46.6 Å². The Balaban J connectivity index is 1.71. The molecule has 4 nitrogen and oxygen atoms in total. The fourth-order valence-corrected chi connectivity index (χ4v) is 4.12. The van der Waals surface area contributed by atoms with E-state index < -0.39 is 11.5 Å². The van der Waals surface area contributed by atoms with Crippen molar-refractivity contribution in [1.29, 1.82) is 0 Å². The quantitative estimate of drug-likeness (QED) is 0.356. The number of benzene rings is 3. The Labute approximate surface area is 186 Å². The normalized spacial score (nSPS) is 14.5.